The molecule has 0 aromatic carbocycles. The molecule has 1 fully saturated rings. The normalized spacial score (nSPS) is 20.6. The monoisotopic (exact) mass is 201 g/mol. The minimum Gasteiger partial charge on any atom is -0.479 e. The first-order valence-electron chi connectivity index (χ1n) is 5.29. The molecule has 4 heteroatoms. The third-order valence-corrected chi connectivity index (χ3v) is 2.64. The predicted octanol–water partition coefficient (Wildman–Crippen LogP) is 0.866. The second kappa shape index (κ2) is 5.98. The smallest absolute Gasteiger partial charge is 0.332 e. The van der Waals surface area contributed by atoms with Crippen molar-refractivity contribution in [1.29, 1.82) is 0 Å². The largest absolute Gasteiger partial charge is 0.479 e. The van der Waals surface area contributed by atoms with Gasteiger partial charge in [0.1, 0.15) is 0 Å². The number of aliphatic carboxylic acids is 1. The highest BCUT2D eigenvalue weighted by Gasteiger charge is 2.19. The number of carbonyl (C=O) groups is 1. The Hall–Kier alpha value is -0.610. The molecular weight excluding hydrogens is 182 g/mol. The summed E-state index contributed by atoms with van der Waals surface area (Å²) in [6.45, 7) is 4.48. The van der Waals surface area contributed by atoms with Crippen molar-refractivity contribution in [1.82, 2.24) is 5.32 Å². The summed E-state index contributed by atoms with van der Waals surface area (Å²) in [5.74, 6) is -0.314. The fourth-order valence-electron chi connectivity index (χ4n) is 1.66. The summed E-state index contributed by atoms with van der Waals surface area (Å²) in [6.07, 6.45) is 2.11. The highest BCUT2D eigenvalue weighted by atomic mass is 16.5. The Bertz CT molecular complexity index is 178. The maximum Gasteiger partial charge on any atom is 0.332 e. The van der Waals surface area contributed by atoms with Gasteiger partial charge in [-0.1, -0.05) is 6.92 Å². The van der Waals surface area contributed by atoms with E-state index in [1.54, 1.807) is 0 Å². The fourth-order valence-corrected chi connectivity index (χ4v) is 1.66. The Morgan fingerprint density at radius 3 is 2.71 bits per heavy atom. The highest BCUT2D eigenvalue weighted by Crippen LogP contribution is 2.13. The third-order valence-electron chi connectivity index (χ3n) is 2.64. The molecule has 1 saturated heterocycles. The maximum atomic E-state index is 10.7. The molecule has 0 saturated carbocycles. The summed E-state index contributed by atoms with van der Waals surface area (Å²) in [5.41, 5.74) is 0. The molecule has 0 aromatic rings. The Kier molecular flexibility index (Phi) is 4.90. The lowest BCUT2D eigenvalue weighted by atomic mass is 9.99. The molecule has 0 amide bonds. The van der Waals surface area contributed by atoms with E-state index in [9.17, 15) is 4.79 Å². The summed E-state index contributed by atoms with van der Waals surface area (Å²) < 4.78 is 5.36. The quantitative estimate of drug-likeness (QED) is 0.693. The van der Waals surface area contributed by atoms with Crippen molar-refractivity contribution >= 4 is 5.97 Å². The Balaban J connectivity index is 2.20. The van der Waals surface area contributed by atoms with Gasteiger partial charge in [-0.2, -0.15) is 0 Å². The number of hydrogen-bond donors (Lipinski definition) is 2. The van der Waals surface area contributed by atoms with Gasteiger partial charge in [0, 0.05) is 0 Å². The van der Waals surface area contributed by atoms with Crippen LogP contribution in [0.25, 0.3) is 0 Å². The number of nitrogens with one attached hydrogen (secondary N) is 1. The molecule has 0 aromatic heterocycles. The van der Waals surface area contributed by atoms with Crippen LogP contribution in [0.4, 0.5) is 0 Å². The molecule has 1 aliphatic heterocycles. The maximum absolute atomic E-state index is 10.7. The number of piperidine rings is 1. The number of carboxylic acid groups (broad SMARTS) is 1. The predicted molar refractivity (Wildman–Crippen MR) is 53.3 cm³/mol. The molecule has 0 bridgehead atoms. The average Bonchev–Trinajstić information content (AvgIpc) is 2.20. The van der Waals surface area contributed by atoms with E-state index in [0.29, 0.717) is 18.9 Å². The fraction of sp³-hybridized carbons (Fsp3) is 0.900. The molecule has 1 aliphatic rings. The van der Waals surface area contributed by atoms with E-state index in [0.717, 1.165) is 25.9 Å². The van der Waals surface area contributed by atoms with Gasteiger partial charge in [0.05, 0.1) is 6.61 Å². The van der Waals surface area contributed by atoms with Crippen LogP contribution >= 0.6 is 0 Å². The van der Waals surface area contributed by atoms with Crippen LogP contribution in [0, 0.1) is 5.92 Å². The van der Waals surface area contributed by atoms with Crippen LogP contribution in [-0.4, -0.2) is 36.9 Å². The minimum atomic E-state index is -0.846. The summed E-state index contributed by atoms with van der Waals surface area (Å²) in [5, 5.41) is 12.0. The number of rotatable bonds is 5. The van der Waals surface area contributed by atoms with Crippen molar-refractivity contribution in [3.05, 3.63) is 0 Å². The lowest BCUT2D eigenvalue weighted by Crippen LogP contribution is -2.32. The van der Waals surface area contributed by atoms with Crippen molar-refractivity contribution in [3.8, 4) is 0 Å². The first kappa shape index (κ1) is 11.5. The van der Waals surface area contributed by atoms with Gasteiger partial charge in [-0.15, -0.1) is 0 Å². The molecule has 4 nitrogen and oxygen atoms in total. The molecule has 14 heavy (non-hydrogen) atoms. The van der Waals surface area contributed by atoms with Crippen LogP contribution in [0.3, 0.4) is 0 Å². The summed E-state index contributed by atoms with van der Waals surface area (Å²) in [4.78, 5) is 10.7. The zero-order valence-corrected chi connectivity index (χ0v) is 8.66. The van der Waals surface area contributed by atoms with E-state index in [2.05, 4.69) is 5.32 Å². The van der Waals surface area contributed by atoms with E-state index in [4.69, 9.17) is 9.84 Å². The van der Waals surface area contributed by atoms with Crippen LogP contribution in [0.1, 0.15) is 26.2 Å². The Labute approximate surface area is 84.6 Å². The van der Waals surface area contributed by atoms with Gasteiger partial charge in [0.15, 0.2) is 6.10 Å². The van der Waals surface area contributed by atoms with Gasteiger partial charge in [-0.3, -0.25) is 0 Å². The topological polar surface area (TPSA) is 58.6 Å². The summed E-state index contributed by atoms with van der Waals surface area (Å²) >= 11 is 0. The average molecular weight is 201 g/mol. The second-order valence-electron chi connectivity index (χ2n) is 3.76. The molecule has 0 spiro atoms. The molecule has 0 radical (unpaired) electrons. The van der Waals surface area contributed by atoms with Crippen molar-refractivity contribution in [3.63, 3.8) is 0 Å². The van der Waals surface area contributed by atoms with E-state index >= 15 is 0 Å². The second-order valence-corrected chi connectivity index (χ2v) is 3.76. The minimum absolute atomic E-state index is 0.532. The zero-order valence-electron chi connectivity index (χ0n) is 8.66. The van der Waals surface area contributed by atoms with Gasteiger partial charge >= 0.3 is 5.97 Å². The van der Waals surface area contributed by atoms with Gasteiger partial charge in [-0.25, -0.2) is 4.79 Å². The van der Waals surface area contributed by atoms with Crippen molar-refractivity contribution < 1.29 is 14.6 Å². The molecule has 1 heterocycles. The third kappa shape index (κ3) is 3.64. The molecule has 1 rings (SSSR count). The standard InChI is InChI=1S/C10H19NO3/c1-2-9(10(12)13)14-7-8-3-5-11-6-4-8/h8-9,11H,2-7H2,1H3,(H,12,13). The zero-order chi connectivity index (χ0) is 10.4. The first-order chi connectivity index (χ1) is 6.74. The highest BCUT2D eigenvalue weighted by molar-refractivity contribution is 5.72. The lowest BCUT2D eigenvalue weighted by molar-refractivity contribution is -0.151. The van der Waals surface area contributed by atoms with Crippen LogP contribution in [0.5, 0.6) is 0 Å². The van der Waals surface area contributed by atoms with Gasteiger partial charge in [-0.05, 0) is 38.3 Å². The number of ether oxygens (including phenoxy) is 1. The Morgan fingerprint density at radius 2 is 2.21 bits per heavy atom. The molecule has 1 unspecified atom stereocenters. The van der Waals surface area contributed by atoms with E-state index in [-0.39, 0.29) is 0 Å². The molecular formula is C10H19NO3. The van der Waals surface area contributed by atoms with Crippen LogP contribution in [-0.2, 0) is 9.53 Å². The molecule has 82 valence electrons. The van der Waals surface area contributed by atoms with Crippen LogP contribution < -0.4 is 5.32 Å². The van der Waals surface area contributed by atoms with Crippen molar-refractivity contribution in [2.24, 2.45) is 5.92 Å². The SMILES string of the molecule is CCC(OCC1CCNCC1)C(=O)O. The van der Waals surface area contributed by atoms with E-state index in [1.807, 2.05) is 6.92 Å². The van der Waals surface area contributed by atoms with Crippen LogP contribution in [0.15, 0.2) is 0 Å². The van der Waals surface area contributed by atoms with Crippen molar-refractivity contribution in [2.75, 3.05) is 19.7 Å². The van der Waals surface area contributed by atoms with Gasteiger partial charge in [0.2, 0.25) is 0 Å². The molecule has 1 atom stereocenters. The van der Waals surface area contributed by atoms with Gasteiger partial charge in [0.25, 0.3) is 0 Å². The first-order valence-corrected chi connectivity index (χ1v) is 5.29. The number of hydrogen-bond acceptors (Lipinski definition) is 3. The van der Waals surface area contributed by atoms with E-state index < -0.39 is 12.1 Å². The summed E-state index contributed by atoms with van der Waals surface area (Å²) in [6, 6.07) is 0. The lowest BCUT2D eigenvalue weighted by Gasteiger charge is -2.23. The van der Waals surface area contributed by atoms with Crippen molar-refractivity contribution in [2.45, 2.75) is 32.3 Å². The number of carboxylic acids is 1. The molecule has 0 aliphatic carbocycles. The Morgan fingerprint density at radius 1 is 1.57 bits per heavy atom. The summed E-state index contributed by atoms with van der Waals surface area (Å²) in [7, 11) is 0. The van der Waals surface area contributed by atoms with E-state index in [1.165, 1.54) is 0 Å². The van der Waals surface area contributed by atoms with Crippen LogP contribution in [0.2, 0.25) is 0 Å². The van der Waals surface area contributed by atoms with Gasteiger partial charge < -0.3 is 15.2 Å². The molecule has 2 N–H and O–H groups in total.